The van der Waals surface area contributed by atoms with Crippen molar-refractivity contribution < 1.29 is 9.63 Å². The van der Waals surface area contributed by atoms with Crippen molar-refractivity contribution >= 4 is 35.5 Å². The average molecular weight is 348 g/mol. The van der Waals surface area contributed by atoms with Crippen molar-refractivity contribution in [3.63, 3.8) is 0 Å². The van der Waals surface area contributed by atoms with Crippen LogP contribution in [0, 0.1) is 0 Å². The number of oxime groups is 1. The molecule has 0 aliphatic carbocycles. The van der Waals surface area contributed by atoms with Crippen LogP contribution in [-0.4, -0.2) is 25.3 Å². The molecule has 0 atom stereocenters. The SMILES string of the molecule is CC(C)(C)[Si](OC/C(Cl)=N/O)(c1ccccc1)c1ccccc1. The third kappa shape index (κ3) is 3.66. The molecule has 2 aromatic rings. The molecular formula is C18H22ClNO2Si. The van der Waals surface area contributed by atoms with E-state index in [1.165, 1.54) is 10.4 Å². The van der Waals surface area contributed by atoms with E-state index in [9.17, 15) is 0 Å². The molecule has 3 nitrogen and oxygen atoms in total. The second kappa shape index (κ2) is 7.30. The van der Waals surface area contributed by atoms with Crippen LogP contribution in [0.4, 0.5) is 0 Å². The summed E-state index contributed by atoms with van der Waals surface area (Å²) in [5.74, 6) is 0. The molecular weight excluding hydrogens is 326 g/mol. The Labute approximate surface area is 143 Å². The molecule has 1 N–H and O–H groups in total. The van der Waals surface area contributed by atoms with Gasteiger partial charge in [0.05, 0.1) is 6.61 Å². The summed E-state index contributed by atoms with van der Waals surface area (Å²) in [5, 5.41) is 14.2. The first-order chi connectivity index (χ1) is 10.9. The van der Waals surface area contributed by atoms with E-state index in [1.807, 2.05) is 36.4 Å². The first kappa shape index (κ1) is 17.7. The van der Waals surface area contributed by atoms with Crippen LogP contribution in [0.1, 0.15) is 20.8 Å². The van der Waals surface area contributed by atoms with Gasteiger partial charge in [-0.15, -0.1) is 0 Å². The molecule has 0 aliphatic rings. The lowest BCUT2D eigenvalue weighted by molar-refractivity contribution is 0.306. The number of rotatable bonds is 5. The molecule has 122 valence electrons. The van der Waals surface area contributed by atoms with Gasteiger partial charge in [-0.25, -0.2) is 0 Å². The molecule has 0 radical (unpaired) electrons. The molecule has 0 bridgehead atoms. The molecule has 0 saturated carbocycles. The van der Waals surface area contributed by atoms with E-state index in [4.69, 9.17) is 21.2 Å². The predicted molar refractivity (Wildman–Crippen MR) is 98.6 cm³/mol. The Hall–Kier alpha value is -1.62. The molecule has 0 aromatic heterocycles. The van der Waals surface area contributed by atoms with Crippen LogP contribution in [0.15, 0.2) is 65.8 Å². The van der Waals surface area contributed by atoms with Gasteiger partial charge in [-0.05, 0) is 15.4 Å². The van der Waals surface area contributed by atoms with Gasteiger partial charge >= 0.3 is 0 Å². The van der Waals surface area contributed by atoms with Crippen LogP contribution in [-0.2, 0) is 4.43 Å². The van der Waals surface area contributed by atoms with Crippen molar-refractivity contribution in [3.8, 4) is 0 Å². The van der Waals surface area contributed by atoms with Crippen molar-refractivity contribution in [3.05, 3.63) is 60.7 Å². The quantitative estimate of drug-likeness (QED) is 0.388. The topological polar surface area (TPSA) is 41.8 Å². The van der Waals surface area contributed by atoms with Crippen LogP contribution in [0.2, 0.25) is 5.04 Å². The summed E-state index contributed by atoms with van der Waals surface area (Å²) in [4.78, 5) is 0. The van der Waals surface area contributed by atoms with Gasteiger partial charge in [0.2, 0.25) is 0 Å². The monoisotopic (exact) mass is 347 g/mol. The van der Waals surface area contributed by atoms with Crippen LogP contribution >= 0.6 is 11.6 Å². The zero-order valence-electron chi connectivity index (χ0n) is 13.7. The maximum absolute atomic E-state index is 8.87. The lowest BCUT2D eigenvalue weighted by Gasteiger charge is -2.42. The molecule has 0 heterocycles. The van der Waals surface area contributed by atoms with Gasteiger partial charge in [0.25, 0.3) is 8.32 Å². The third-order valence-corrected chi connectivity index (χ3v) is 9.10. The minimum Gasteiger partial charge on any atom is -0.410 e. The Morgan fingerprint density at radius 1 is 1.00 bits per heavy atom. The molecule has 0 spiro atoms. The predicted octanol–water partition coefficient (Wildman–Crippen LogP) is 3.59. The highest BCUT2D eigenvalue weighted by Gasteiger charge is 2.50. The van der Waals surface area contributed by atoms with Gasteiger partial charge < -0.3 is 9.63 Å². The lowest BCUT2D eigenvalue weighted by Crippen LogP contribution is -2.66. The summed E-state index contributed by atoms with van der Waals surface area (Å²) in [7, 11) is -2.60. The van der Waals surface area contributed by atoms with Crippen molar-refractivity contribution in [2.75, 3.05) is 6.61 Å². The zero-order valence-corrected chi connectivity index (χ0v) is 15.4. The zero-order chi connectivity index (χ0) is 16.9. The van der Waals surface area contributed by atoms with Gasteiger partial charge in [-0.2, -0.15) is 0 Å². The average Bonchev–Trinajstić information content (AvgIpc) is 2.56. The molecule has 2 rings (SSSR count). The number of halogens is 1. The minimum atomic E-state index is -2.60. The third-order valence-electron chi connectivity index (χ3n) is 3.93. The Balaban J connectivity index is 2.64. The number of benzene rings is 2. The molecule has 5 heteroatoms. The van der Waals surface area contributed by atoms with E-state index in [0.29, 0.717) is 0 Å². The van der Waals surface area contributed by atoms with Crippen LogP contribution < -0.4 is 10.4 Å². The normalized spacial score (nSPS) is 13.1. The fourth-order valence-electron chi connectivity index (χ4n) is 2.96. The highest BCUT2D eigenvalue weighted by atomic mass is 35.5. The van der Waals surface area contributed by atoms with E-state index in [-0.39, 0.29) is 16.8 Å². The molecule has 23 heavy (non-hydrogen) atoms. The number of hydrogen-bond acceptors (Lipinski definition) is 3. The van der Waals surface area contributed by atoms with E-state index < -0.39 is 8.32 Å². The van der Waals surface area contributed by atoms with Gasteiger partial charge in [0, 0.05) is 0 Å². The standard InChI is InChI=1S/C18H22ClNO2Si/c1-18(2,3)23(22-14-17(19)20-21,15-10-6-4-7-11-15)16-12-8-5-9-13-16/h4-13,21H,14H2,1-3H3/b20-17-. The summed E-state index contributed by atoms with van der Waals surface area (Å²) in [6.45, 7) is 6.64. The molecule has 0 saturated heterocycles. The fraction of sp³-hybridized carbons (Fsp3) is 0.278. The van der Waals surface area contributed by atoms with Crippen molar-refractivity contribution in [2.45, 2.75) is 25.8 Å². The molecule has 0 fully saturated rings. The van der Waals surface area contributed by atoms with E-state index in [2.05, 4.69) is 50.2 Å². The van der Waals surface area contributed by atoms with Crippen LogP contribution in [0.25, 0.3) is 0 Å². The number of hydrogen-bond donors (Lipinski definition) is 1. The van der Waals surface area contributed by atoms with Crippen molar-refractivity contribution in [1.29, 1.82) is 0 Å². The number of nitrogens with zero attached hydrogens (tertiary/aromatic N) is 1. The summed E-state index contributed by atoms with van der Waals surface area (Å²) in [5.41, 5.74) is 0. The Morgan fingerprint density at radius 2 is 1.43 bits per heavy atom. The van der Waals surface area contributed by atoms with E-state index in [1.54, 1.807) is 0 Å². The van der Waals surface area contributed by atoms with E-state index >= 15 is 0 Å². The summed E-state index contributed by atoms with van der Waals surface area (Å²) < 4.78 is 6.44. The largest absolute Gasteiger partial charge is 0.410 e. The molecule has 0 unspecified atom stereocenters. The van der Waals surface area contributed by atoms with Gasteiger partial charge in [0.15, 0.2) is 5.17 Å². The second-order valence-corrected chi connectivity index (χ2v) is 11.2. The van der Waals surface area contributed by atoms with Gasteiger partial charge in [-0.3, -0.25) is 0 Å². The highest BCUT2D eigenvalue weighted by molar-refractivity contribution is 6.99. The summed E-state index contributed by atoms with van der Waals surface area (Å²) in [6.07, 6.45) is 0. The van der Waals surface area contributed by atoms with Crippen LogP contribution in [0.3, 0.4) is 0 Å². The first-order valence-corrected chi connectivity index (χ1v) is 9.82. The first-order valence-electron chi connectivity index (χ1n) is 7.53. The van der Waals surface area contributed by atoms with Crippen LogP contribution in [0.5, 0.6) is 0 Å². The second-order valence-electron chi connectivity index (χ2n) is 6.43. The Bertz CT molecular complexity index is 614. The van der Waals surface area contributed by atoms with Gasteiger partial charge in [-0.1, -0.05) is 98.2 Å². The van der Waals surface area contributed by atoms with E-state index in [0.717, 1.165) is 0 Å². The Morgan fingerprint density at radius 3 is 1.78 bits per heavy atom. The molecule has 2 aromatic carbocycles. The Kier molecular flexibility index (Phi) is 5.63. The highest BCUT2D eigenvalue weighted by Crippen LogP contribution is 2.36. The van der Waals surface area contributed by atoms with Crippen molar-refractivity contribution in [1.82, 2.24) is 0 Å². The molecule has 0 aliphatic heterocycles. The molecule has 0 amide bonds. The van der Waals surface area contributed by atoms with Gasteiger partial charge in [0.1, 0.15) is 0 Å². The maximum atomic E-state index is 8.87. The maximum Gasteiger partial charge on any atom is 0.261 e. The minimum absolute atomic E-state index is 0.0537. The fourth-order valence-corrected chi connectivity index (χ4v) is 7.61. The lowest BCUT2D eigenvalue weighted by atomic mass is 10.2. The van der Waals surface area contributed by atoms with Crippen molar-refractivity contribution in [2.24, 2.45) is 5.16 Å². The summed E-state index contributed by atoms with van der Waals surface area (Å²) >= 11 is 5.89. The summed E-state index contributed by atoms with van der Waals surface area (Å²) in [6, 6.07) is 20.5. The smallest absolute Gasteiger partial charge is 0.261 e.